The van der Waals surface area contributed by atoms with Gasteiger partial charge in [-0.05, 0) is 36.5 Å². The third kappa shape index (κ3) is 2.93. The minimum atomic E-state index is -0.102. The van der Waals surface area contributed by atoms with Gasteiger partial charge in [0.25, 0.3) is 5.91 Å². The molecule has 1 saturated carbocycles. The van der Waals surface area contributed by atoms with E-state index >= 15 is 0 Å². The second kappa shape index (κ2) is 6.04. The van der Waals surface area contributed by atoms with Crippen molar-refractivity contribution in [3.05, 3.63) is 23.8 Å². The Labute approximate surface area is 124 Å². The van der Waals surface area contributed by atoms with Crippen molar-refractivity contribution in [2.75, 3.05) is 11.9 Å². The van der Waals surface area contributed by atoms with Crippen LogP contribution in [0, 0.1) is 5.92 Å². The molecule has 1 atom stereocenters. The average Bonchev–Trinajstić information content (AvgIpc) is 2.74. The Balaban J connectivity index is 1.79. The average molecular weight is 294 g/mol. The maximum absolute atomic E-state index is 11.4. The molecular weight excluding hydrogens is 274 g/mol. The first-order valence-electron chi connectivity index (χ1n) is 7.45. The van der Waals surface area contributed by atoms with Gasteiger partial charge in [0.15, 0.2) is 6.61 Å². The van der Waals surface area contributed by atoms with E-state index in [2.05, 4.69) is 5.32 Å². The van der Waals surface area contributed by atoms with Crippen LogP contribution in [0.5, 0.6) is 5.75 Å². The Bertz CT molecular complexity index is 495. The van der Waals surface area contributed by atoms with E-state index in [9.17, 15) is 4.79 Å². The number of carbonyl (C=O) groups is 1. The first-order valence-corrected chi connectivity index (χ1v) is 7.88. The van der Waals surface area contributed by atoms with Crippen molar-refractivity contribution in [1.29, 1.82) is 0 Å². The fourth-order valence-electron chi connectivity index (χ4n) is 3.15. The number of rotatable bonds is 2. The van der Waals surface area contributed by atoms with Crippen molar-refractivity contribution < 1.29 is 9.53 Å². The van der Waals surface area contributed by atoms with Crippen molar-refractivity contribution in [3.8, 4) is 5.75 Å². The number of halogens is 1. The molecule has 1 aromatic carbocycles. The molecule has 20 heavy (non-hydrogen) atoms. The highest BCUT2D eigenvalue weighted by Crippen LogP contribution is 2.40. The van der Waals surface area contributed by atoms with Crippen LogP contribution in [0.2, 0.25) is 0 Å². The molecule has 1 aliphatic carbocycles. The predicted molar refractivity (Wildman–Crippen MR) is 80.4 cm³/mol. The molecule has 1 amide bonds. The summed E-state index contributed by atoms with van der Waals surface area (Å²) in [5.41, 5.74) is 1.83. The number of carbonyl (C=O) groups excluding carboxylic acids is 1. The summed E-state index contributed by atoms with van der Waals surface area (Å²) < 4.78 is 5.38. The summed E-state index contributed by atoms with van der Waals surface area (Å²) in [5.74, 6) is 1.17. The van der Waals surface area contributed by atoms with Crippen LogP contribution in [0.4, 0.5) is 5.69 Å². The highest BCUT2D eigenvalue weighted by atomic mass is 35.5. The first kappa shape index (κ1) is 13.7. The van der Waals surface area contributed by atoms with E-state index in [1.165, 1.54) is 38.5 Å². The molecule has 108 valence electrons. The molecule has 0 aromatic heterocycles. The lowest BCUT2D eigenvalue weighted by atomic mass is 9.91. The number of hydrogen-bond donors (Lipinski definition) is 1. The van der Waals surface area contributed by atoms with Crippen molar-refractivity contribution >= 4 is 23.2 Å². The largest absolute Gasteiger partial charge is 0.482 e. The lowest BCUT2D eigenvalue weighted by Crippen LogP contribution is -2.25. The van der Waals surface area contributed by atoms with Crippen LogP contribution < -0.4 is 10.1 Å². The normalized spacial score (nSPS) is 21.4. The Morgan fingerprint density at radius 1 is 1.20 bits per heavy atom. The molecule has 0 saturated heterocycles. The molecule has 1 unspecified atom stereocenters. The van der Waals surface area contributed by atoms with Crippen LogP contribution in [0.3, 0.4) is 0 Å². The maximum atomic E-state index is 11.4. The van der Waals surface area contributed by atoms with Crippen molar-refractivity contribution in [2.45, 2.75) is 43.9 Å². The summed E-state index contributed by atoms with van der Waals surface area (Å²) in [6.07, 6.45) is 7.61. The molecule has 1 aliphatic heterocycles. The van der Waals surface area contributed by atoms with E-state index in [1.807, 2.05) is 18.2 Å². The van der Waals surface area contributed by atoms with Crippen LogP contribution in [0.25, 0.3) is 0 Å². The first-order chi connectivity index (χ1) is 9.74. The van der Waals surface area contributed by atoms with Gasteiger partial charge >= 0.3 is 0 Å². The van der Waals surface area contributed by atoms with Crippen molar-refractivity contribution in [1.82, 2.24) is 0 Å². The van der Waals surface area contributed by atoms with E-state index in [1.54, 1.807) is 0 Å². The second-order valence-corrected chi connectivity index (χ2v) is 6.22. The zero-order valence-corrected chi connectivity index (χ0v) is 12.3. The topological polar surface area (TPSA) is 38.3 Å². The van der Waals surface area contributed by atoms with E-state index in [0.29, 0.717) is 5.92 Å². The van der Waals surface area contributed by atoms with Gasteiger partial charge in [-0.25, -0.2) is 0 Å². The molecule has 1 N–H and O–H groups in total. The molecule has 0 spiro atoms. The van der Waals surface area contributed by atoms with E-state index in [0.717, 1.165) is 17.0 Å². The van der Waals surface area contributed by atoms with Crippen molar-refractivity contribution in [2.24, 2.45) is 5.92 Å². The van der Waals surface area contributed by atoms with Gasteiger partial charge in [-0.3, -0.25) is 4.79 Å². The number of alkyl halides is 1. The van der Waals surface area contributed by atoms with Crippen LogP contribution in [0.15, 0.2) is 18.2 Å². The second-order valence-electron chi connectivity index (χ2n) is 5.75. The number of amides is 1. The van der Waals surface area contributed by atoms with Gasteiger partial charge in [0.05, 0.1) is 11.1 Å². The lowest BCUT2D eigenvalue weighted by Gasteiger charge is -2.23. The van der Waals surface area contributed by atoms with E-state index in [-0.39, 0.29) is 17.9 Å². The van der Waals surface area contributed by atoms with E-state index in [4.69, 9.17) is 16.3 Å². The minimum absolute atomic E-state index is 0.0252. The van der Waals surface area contributed by atoms with E-state index < -0.39 is 0 Å². The summed E-state index contributed by atoms with van der Waals surface area (Å²) in [7, 11) is 0. The molecule has 4 heteroatoms. The summed E-state index contributed by atoms with van der Waals surface area (Å²) in [5, 5.41) is 2.87. The maximum Gasteiger partial charge on any atom is 0.262 e. The number of benzene rings is 1. The Hall–Kier alpha value is -1.22. The molecule has 3 rings (SSSR count). The SMILES string of the molecule is O=C1COc2ccc(C(Cl)C3CCCCCC3)cc2N1. The molecule has 2 aliphatic rings. The van der Waals surface area contributed by atoms with Gasteiger partial charge in [-0.15, -0.1) is 11.6 Å². The van der Waals surface area contributed by atoms with Gasteiger partial charge < -0.3 is 10.1 Å². The van der Waals surface area contributed by atoms with Gasteiger partial charge in [0, 0.05) is 0 Å². The van der Waals surface area contributed by atoms with Gasteiger partial charge in [0.1, 0.15) is 5.75 Å². The van der Waals surface area contributed by atoms with Crippen LogP contribution >= 0.6 is 11.6 Å². The Morgan fingerprint density at radius 2 is 1.95 bits per heavy atom. The third-order valence-electron chi connectivity index (χ3n) is 4.27. The van der Waals surface area contributed by atoms with Crippen LogP contribution in [-0.2, 0) is 4.79 Å². The van der Waals surface area contributed by atoms with Crippen molar-refractivity contribution in [3.63, 3.8) is 0 Å². The standard InChI is InChI=1S/C16H20ClNO2/c17-16(11-5-3-1-2-4-6-11)12-7-8-14-13(9-12)18-15(19)10-20-14/h7-9,11,16H,1-6,10H2,(H,18,19). The minimum Gasteiger partial charge on any atom is -0.482 e. The smallest absolute Gasteiger partial charge is 0.262 e. The summed E-state index contributed by atoms with van der Waals surface area (Å²) >= 11 is 6.68. The van der Waals surface area contributed by atoms with Gasteiger partial charge in [0.2, 0.25) is 0 Å². The molecule has 0 radical (unpaired) electrons. The number of anilines is 1. The number of hydrogen-bond acceptors (Lipinski definition) is 2. The van der Waals surface area contributed by atoms with Gasteiger partial charge in [-0.2, -0.15) is 0 Å². The number of fused-ring (bicyclic) bond motifs is 1. The molecule has 3 nitrogen and oxygen atoms in total. The third-order valence-corrected chi connectivity index (χ3v) is 4.88. The highest BCUT2D eigenvalue weighted by Gasteiger charge is 2.24. The Kier molecular flexibility index (Phi) is 4.16. The zero-order chi connectivity index (χ0) is 13.9. The molecule has 1 aromatic rings. The number of ether oxygens (including phenoxy) is 1. The highest BCUT2D eigenvalue weighted by molar-refractivity contribution is 6.21. The van der Waals surface area contributed by atoms with Gasteiger partial charge in [-0.1, -0.05) is 31.7 Å². The summed E-state index contributed by atoms with van der Waals surface area (Å²) in [6, 6.07) is 5.91. The Morgan fingerprint density at radius 3 is 2.70 bits per heavy atom. The molecular formula is C16H20ClNO2. The number of nitrogens with one attached hydrogen (secondary N) is 1. The molecule has 1 fully saturated rings. The zero-order valence-electron chi connectivity index (χ0n) is 11.5. The fourth-order valence-corrected chi connectivity index (χ4v) is 3.54. The summed E-state index contributed by atoms with van der Waals surface area (Å²) in [6.45, 7) is 0.0965. The van der Waals surface area contributed by atoms with Crippen LogP contribution in [0.1, 0.15) is 49.5 Å². The fraction of sp³-hybridized carbons (Fsp3) is 0.562. The lowest BCUT2D eigenvalue weighted by molar-refractivity contribution is -0.118. The molecule has 0 bridgehead atoms. The molecule has 1 heterocycles. The quantitative estimate of drug-likeness (QED) is 0.653. The monoisotopic (exact) mass is 293 g/mol. The van der Waals surface area contributed by atoms with Crippen LogP contribution in [-0.4, -0.2) is 12.5 Å². The summed E-state index contributed by atoms with van der Waals surface area (Å²) in [4.78, 5) is 11.4. The predicted octanol–water partition coefficient (Wildman–Crippen LogP) is 4.27.